The average Bonchev–Trinajstić information content (AvgIpc) is 2.18. The van der Waals surface area contributed by atoms with E-state index in [0.29, 0.717) is 0 Å². The Labute approximate surface area is 81.2 Å². The topological polar surface area (TPSA) is 38.9 Å². The zero-order valence-corrected chi connectivity index (χ0v) is 8.14. The first-order valence-corrected chi connectivity index (χ1v) is 5.22. The number of fused-ring (bicyclic) bond motifs is 1. The molecule has 13 heavy (non-hydrogen) atoms. The molecule has 0 aliphatic carbocycles. The summed E-state index contributed by atoms with van der Waals surface area (Å²) in [6, 6.07) is 7.88. The second-order valence-corrected chi connectivity index (χ2v) is 3.60. The van der Waals surface area contributed by atoms with E-state index in [1.165, 1.54) is 4.90 Å². The van der Waals surface area contributed by atoms with Crippen molar-refractivity contribution < 1.29 is 0 Å². The smallest absolute Gasteiger partial charge is 0.0942 e. The largest absolute Gasteiger partial charge is 0.397 e. The number of thioether (sulfide) groups is 1. The third-order valence-electron chi connectivity index (χ3n) is 1.98. The normalized spacial score (nSPS) is 10.5. The third-order valence-corrected chi connectivity index (χ3v) is 2.78. The average molecular weight is 190 g/mol. The zero-order chi connectivity index (χ0) is 9.26. The minimum absolute atomic E-state index is 0.744. The molecular weight excluding hydrogens is 180 g/mol. The lowest BCUT2D eigenvalue weighted by molar-refractivity contribution is 1.36. The van der Waals surface area contributed by atoms with Gasteiger partial charge in [0.05, 0.1) is 11.2 Å². The maximum absolute atomic E-state index is 5.81. The van der Waals surface area contributed by atoms with Crippen LogP contribution in [0.2, 0.25) is 0 Å². The van der Waals surface area contributed by atoms with E-state index in [1.54, 1.807) is 18.0 Å². The molecule has 1 aromatic heterocycles. The van der Waals surface area contributed by atoms with Crippen LogP contribution in [0.1, 0.15) is 0 Å². The van der Waals surface area contributed by atoms with Gasteiger partial charge in [0, 0.05) is 16.5 Å². The fraction of sp³-hybridized carbons (Fsp3) is 0.100. The zero-order valence-electron chi connectivity index (χ0n) is 7.32. The van der Waals surface area contributed by atoms with Gasteiger partial charge in [-0.15, -0.1) is 11.8 Å². The van der Waals surface area contributed by atoms with Crippen molar-refractivity contribution >= 4 is 28.4 Å². The lowest BCUT2D eigenvalue weighted by atomic mass is 10.2. The first kappa shape index (κ1) is 8.38. The molecule has 0 aliphatic rings. The van der Waals surface area contributed by atoms with E-state index in [1.807, 2.05) is 24.3 Å². The molecule has 0 bridgehead atoms. The summed E-state index contributed by atoms with van der Waals surface area (Å²) in [5.41, 5.74) is 7.45. The molecular formula is C10H10N2S. The number of hydrogen-bond donors (Lipinski definition) is 1. The van der Waals surface area contributed by atoms with E-state index in [9.17, 15) is 0 Å². The molecule has 2 nitrogen and oxygen atoms in total. The molecule has 0 radical (unpaired) electrons. The molecule has 66 valence electrons. The second kappa shape index (κ2) is 3.26. The van der Waals surface area contributed by atoms with Crippen molar-refractivity contribution in [3.8, 4) is 0 Å². The lowest BCUT2D eigenvalue weighted by Gasteiger charge is -2.03. The second-order valence-electron chi connectivity index (χ2n) is 2.76. The number of hydrogen-bond acceptors (Lipinski definition) is 3. The Morgan fingerprint density at radius 1 is 1.31 bits per heavy atom. The van der Waals surface area contributed by atoms with Crippen LogP contribution in [0.25, 0.3) is 10.9 Å². The summed E-state index contributed by atoms with van der Waals surface area (Å²) in [4.78, 5) is 5.47. The Bertz CT molecular complexity index is 440. The van der Waals surface area contributed by atoms with E-state index in [0.717, 1.165) is 16.6 Å². The highest BCUT2D eigenvalue weighted by Gasteiger charge is 2.01. The van der Waals surface area contributed by atoms with E-state index >= 15 is 0 Å². The van der Waals surface area contributed by atoms with Gasteiger partial charge >= 0.3 is 0 Å². The fourth-order valence-electron chi connectivity index (χ4n) is 1.35. The van der Waals surface area contributed by atoms with Gasteiger partial charge in [0.1, 0.15) is 0 Å². The standard InChI is InChI=1S/C10H10N2S/c1-13-9-5-6-12-10-7(9)3-2-4-8(10)11/h2-6H,11H2,1H3. The van der Waals surface area contributed by atoms with Crippen LogP contribution in [-0.4, -0.2) is 11.2 Å². The first-order valence-electron chi connectivity index (χ1n) is 4.00. The van der Waals surface area contributed by atoms with E-state index in [-0.39, 0.29) is 0 Å². The maximum Gasteiger partial charge on any atom is 0.0942 e. The highest BCUT2D eigenvalue weighted by atomic mass is 32.2. The van der Waals surface area contributed by atoms with Gasteiger partial charge in [0.15, 0.2) is 0 Å². The molecule has 3 heteroatoms. The van der Waals surface area contributed by atoms with Gasteiger partial charge in [-0.25, -0.2) is 0 Å². The molecule has 0 unspecified atom stereocenters. The predicted octanol–water partition coefficient (Wildman–Crippen LogP) is 2.54. The summed E-state index contributed by atoms with van der Waals surface area (Å²) in [6.45, 7) is 0. The molecule has 2 rings (SSSR count). The molecule has 0 aliphatic heterocycles. The third kappa shape index (κ3) is 1.35. The van der Waals surface area contributed by atoms with Crippen molar-refractivity contribution in [2.75, 3.05) is 12.0 Å². The molecule has 0 saturated heterocycles. The van der Waals surface area contributed by atoms with Crippen LogP contribution in [-0.2, 0) is 0 Å². The summed E-state index contributed by atoms with van der Waals surface area (Å²) < 4.78 is 0. The summed E-state index contributed by atoms with van der Waals surface area (Å²) >= 11 is 1.71. The Morgan fingerprint density at radius 3 is 2.92 bits per heavy atom. The van der Waals surface area contributed by atoms with Gasteiger partial charge < -0.3 is 5.73 Å². The first-order chi connectivity index (χ1) is 6.33. The molecule has 0 atom stereocenters. The number of nitrogens with zero attached hydrogens (tertiary/aromatic N) is 1. The minimum atomic E-state index is 0.744. The molecule has 0 amide bonds. The molecule has 0 fully saturated rings. The molecule has 0 saturated carbocycles. The van der Waals surface area contributed by atoms with Crippen LogP contribution in [0.15, 0.2) is 35.4 Å². The van der Waals surface area contributed by atoms with Crippen LogP contribution in [0.5, 0.6) is 0 Å². The minimum Gasteiger partial charge on any atom is -0.397 e. The van der Waals surface area contributed by atoms with Crippen LogP contribution < -0.4 is 5.73 Å². The molecule has 1 aromatic carbocycles. The Balaban J connectivity index is 2.84. The Morgan fingerprint density at radius 2 is 2.15 bits per heavy atom. The van der Waals surface area contributed by atoms with Crippen LogP contribution in [0.4, 0.5) is 5.69 Å². The lowest BCUT2D eigenvalue weighted by Crippen LogP contribution is -1.89. The van der Waals surface area contributed by atoms with Crippen LogP contribution in [0, 0.1) is 0 Å². The summed E-state index contributed by atoms with van der Waals surface area (Å²) in [5, 5.41) is 1.13. The van der Waals surface area contributed by atoms with Crippen molar-refractivity contribution in [2.24, 2.45) is 0 Å². The van der Waals surface area contributed by atoms with Gasteiger partial charge in [-0.1, -0.05) is 12.1 Å². The Hall–Kier alpha value is -1.22. The number of rotatable bonds is 1. The van der Waals surface area contributed by atoms with Gasteiger partial charge in [-0.3, -0.25) is 4.98 Å². The number of nitrogens with two attached hydrogens (primary N) is 1. The molecule has 1 heterocycles. The number of anilines is 1. The van der Waals surface area contributed by atoms with Crippen molar-refractivity contribution in [3.63, 3.8) is 0 Å². The van der Waals surface area contributed by atoms with E-state index in [4.69, 9.17) is 5.73 Å². The maximum atomic E-state index is 5.81. The fourth-order valence-corrected chi connectivity index (χ4v) is 1.93. The number of aromatic nitrogens is 1. The van der Waals surface area contributed by atoms with Crippen molar-refractivity contribution in [1.29, 1.82) is 0 Å². The molecule has 2 N–H and O–H groups in total. The highest BCUT2D eigenvalue weighted by Crippen LogP contribution is 2.27. The molecule has 2 aromatic rings. The van der Waals surface area contributed by atoms with E-state index in [2.05, 4.69) is 11.2 Å². The number of para-hydroxylation sites is 1. The van der Waals surface area contributed by atoms with Crippen LogP contribution in [0.3, 0.4) is 0 Å². The van der Waals surface area contributed by atoms with Crippen LogP contribution >= 0.6 is 11.8 Å². The van der Waals surface area contributed by atoms with Gasteiger partial charge in [-0.2, -0.15) is 0 Å². The van der Waals surface area contributed by atoms with Gasteiger partial charge in [0.2, 0.25) is 0 Å². The Kier molecular flexibility index (Phi) is 2.10. The molecule has 0 spiro atoms. The quantitative estimate of drug-likeness (QED) is 0.554. The summed E-state index contributed by atoms with van der Waals surface area (Å²) in [5.74, 6) is 0. The SMILES string of the molecule is CSc1ccnc2c(N)cccc12. The highest BCUT2D eigenvalue weighted by molar-refractivity contribution is 7.98. The van der Waals surface area contributed by atoms with Crippen molar-refractivity contribution in [1.82, 2.24) is 4.98 Å². The van der Waals surface area contributed by atoms with Gasteiger partial charge in [0.25, 0.3) is 0 Å². The van der Waals surface area contributed by atoms with Crippen molar-refractivity contribution in [3.05, 3.63) is 30.5 Å². The number of nitrogen functional groups attached to an aromatic ring is 1. The van der Waals surface area contributed by atoms with Crippen molar-refractivity contribution in [2.45, 2.75) is 4.90 Å². The number of pyridine rings is 1. The predicted molar refractivity (Wildman–Crippen MR) is 57.9 cm³/mol. The van der Waals surface area contributed by atoms with E-state index < -0.39 is 0 Å². The summed E-state index contributed by atoms with van der Waals surface area (Å²) in [7, 11) is 0. The van der Waals surface area contributed by atoms with Gasteiger partial charge in [-0.05, 0) is 18.4 Å². The summed E-state index contributed by atoms with van der Waals surface area (Å²) in [6.07, 6.45) is 3.85. The monoisotopic (exact) mass is 190 g/mol. The number of benzene rings is 1.